The highest BCUT2D eigenvalue weighted by atomic mass is 35.5. The predicted molar refractivity (Wildman–Crippen MR) is 61.0 cm³/mol. The van der Waals surface area contributed by atoms with Gasteiger partial charge in [0.1, 0.15) is 0 Å². The van der Waals surface area contributed by atoms with Gasteiger partial charge in [-0.3, -0.25) is 4.42 Å². The Hall–Kier alpha value is -0.430. The van der Waals surface area contributed by atoms with E-state index in [1.807, 2.05) is 4.42 Å². The van der Waals surface area contributed by atoms with Crippen molar-refractivity contribution in [3.8, 4) is 0 Å². The Balaban J connectivity index is 2.16. The second-order valence-electron chi connectivity index (χ2n) is 4.35. The fourth-order valence-electron chi connectivity index (χ4n) is 2.59. The topological polar surface area (TPSA) is 3.24 Å². The molecule has 1 aliphatic heterocycles. The first-order valence-corrected chi connectivity index (χ1v) is 5.93. The monoisotopic (exact) mass is 211 g/mol. The van der Waals surface area contributed by atoms with Crippen LogP contribution >= 0.6 is 11.8 Å². The van der Waals surface area contributed by atoms with E-state index in [4.69, 9.17) is 11.8 Å². The molecule has 14 heavy (non-hydrogen) atoms. The molecule has 0 bridgehead atoms. The van der Waals surface area contributed by atoms with Crippen LogP contribution in [0.5, 0.6) is 0 Å². The van der Waals surface area contributed by atoms with Gasteiger partial charge in [0.25, 0.3) is 0 Å². The Kier molecular flexibility index (Phi) is 3.17. The molecule has 2 aliphatic rings. The van der Waals surface area contributed by atoms with Crippen LogP contribution in [0.1, 0.15) is 39.0 Å². The molecular formula is C12H18ClN. The van der Waals surface area contributed by atoms with Gasteiger partial charge in [0.15, 0.2) is 0 Å². The van der Waals surface area contributed by atoms with Crippen LogP contribution in [-0.4, -0.2) is 11.0 Å². The van der Waals surface area contributed by atoms with Gasteiger partial charge < -0.3 is 0 Å². The maximum Gasteiger partial charge on any atom is 0.0529 e. The highest BCUT2D eigenvalue weighted by Gasteiger charge is 2.24. The van der Waals surface area contributed by atoms with Gasteiger partial charge in [0, 0.05) is 23.4 Å². The molecule has 1 nitrogen and oxygen atoms in total. The lowest BCUT2D eigenvalue weighted by Gasteiger charge is -2.32. The van der Waals surface area contributed by atoms with Crippen LogP contribution < -0.4 is 0 Å². The fourth-order valence-corrected chi connectivity index (χ4v) is 2.94. The van der Waals surface area contributed by atoms with Crippen LogP contribution in [0.4, 0.5) is 0 Å². The van der Waals surface area contributed by atoms with E-state index in [-0.39, 0.29) is 0 Å². The average molecular weight is 212 g/mol. The van der Waals surface area contributed by atoms with Crippen LogP contribution in [0.25, 0.3) is 0 Å². The molecule has 2 rings (SSSR count). The van der Waals surface area contributed by atoms with E-state index in [1.54, 1.807) is 0 Å². The SMILES string of the molecule is CC1=C(C2CCCCC2)N(Cl)CC=C1. The van der Waals surface area contributed by atoms with Crippen molar-refractivity contribution in [1.82, 2.24) is 4.42 Å². The van der Waals surface area contributed by atoms with Gasteiger partial charge in [-0.2, -0.15) is 0 Å². The molecule has 1 fully saturated rings. The summed E-state index contributed by atoms with van der Waals surface area (Å²) in [6.07, 6.45) is 11.1. The molecule has 1 saturated carbocycles. The van der Waals surface area contributed by atoms with E-state index in [0.717, 1.165) is 6.54 Å². The van der Waals surface area contributed by atoms with E-state index in [2.05, 4.69) is 19.1 Å². The summed E-state index contributed by atoms with van der Waals surface area (Å²) < 4.78 is 1.91. The maximum atomic E-state index is 6.24. The molecule has 0 aromatic rings. The Morgan fingerprint density at radius 2 is 2.00 bits per heavy atom. The lowest BCUT2D eigenvalue weighted by molar-refractivity contribution is 0.352. The summed E-state index contributed by atoms with van der Waals surface area (Å²) in [5.74, 6) is 0.714. The highest BCUT2D eigenvalue weighted by molar-refractivity contribution is 6.14. The van der Waals surface area contributed by atoms with E-state index in [1.165, 1.54) is 43.4 Å². The van der Waals surface area contributed by atoms with E-state index >= 15 is 0 Å². The van der Waals surface area contributed by atoms with Gasteiger partial charge in [-0.05, 0) is 25.3 Å². The van der Waals surface area contributed by atoms with Crippen molar-refractivity contribution >= 4 is 11.8 Å². The molecule has 0 aromatic heterocycles. The Morgan fingerprint density at radius 1 is 1.29 bits per heavy atom. The minimum absolute atomic E-state index is 0.714. The summed E-state index contributed by atoms with van der Waals surface area (Å²) in [7, 11) is 0. The third-order valence-corrected chi connectivity index (χ3v) is 3.61. The minimum Gasteiger partial charge on any atom is -0.285 e. The number of halogens is 1. The number of hydrogen-bond acceptors (Lipinski definition) is 1. The quantitative estimate of drug-likeness (QED) is 0.596. The van der Waals surface area contributed by atoms with Gasteiger partial charge in [0.05, 0.1) is 6.54 Å². The van der Waals surface area contributed by atoms with E-state index < -0.39 is 0 Å². The van der Waals surface area contributed by atoms with E-state index in [0.29, 0.717) is 5.92 Å². The first kappa shape index (κ1) is 10.1. The molecule has 1 heterocycles. The van der Waals surface area contributed by atoms with E-state index in [9.17, 15) is 0 Å². The van der Waals surface area contributed by atoms with Gasteiger partial charge in [0.2, 0.25) is 0 Å². The molecule has 0 atom stereocenters. The summed E-state index contributed by atoms with van der Waals surface area (Å²) in [4.78, 5) is 0. The average Bonchev–Trinajstić information content (AvgIpc) is 2.19. The number of rotatable bonds is 1. The molecule has 0 N–H and O–H groups in total. The van der Waals surface area contributed by atoms with Crippen molar-refractivity contribution < 1.29 is 0 Å². The van der Waals surface area contributed by atoms with Crippen molar-refractivity contribution in [2.75, 3.05) is 6.54 Å². The number of hydrogen-bond donors (Lipinski definition) is 0. The summed E-state index contributed by atoms with van der Waals surface area (Å²) in [5, 5.41) is 0. The molecular weight excluding hydrogens is 194 g/mol. The zero-order chi connectivity index (χ0) is 9.97. The Morgan fingerprint density at radius 3 is 2.64 bits per heavy atom. The van der Waals surface area contributed by atoms with Gasteiger partial charge in [-0.15, -0.1) is 0 Å². The second-order valence-corrected chi connectivity index (χ2v) is 4.76. The number of allylic oxidation sites excluding steroid dienone is 3. The highest BCUT2D eigenvalue weighted by Crippen LogP contribution is 2.35. The molecule has 0 aromatic carbocycles. The molecule has 2 heteroatoms. The lowest BCUT2D eigenvalue weighted by Crippen LogP contribution is -2.24. The normalized spacial score (nSPS) is 24.6. The fraction of sp³-hybridized carbons (Fsp3) is 0.667. The van der Waals surface area contributed by atoms with Crippen molar-refractivity contribution in [3.63, 3.8) is 0 Å². The third kappa shape index (κ3) is 1.98. The standard InChI is InChI=1S/C12H18ClN/c1-10-6-5-9-14(13)12(10)11-7-3-2-4-8-11/h5-6,11H,2-4,7-9H2,1H3. The van der Waals surface area contributed by atoms with Crippen LogP contribution in [0, 0.1) is 5.92 Å². The van der Waals surface area contributed by atoms with Gasteiger partial charge in [-0.1, -0.05) is 31.4 Å². The van der Waals surface area contributed by atoms with Crippen LogP contribution in [0.15, 0.2) is 23.4 Å². The number of nitrogens with zero attached hydrogens (tertiary/aromatic N) is 1. The van der Waals surface area contributed by atoms with Crippen molar-refractivity contribution in [3.05, 3.63) is 23.4 Å². The summed E-state index contributed by atoms with van der Waals surface area (Å²) in [6.45, 7) is 3.04. The Bertz CT molecular complexity index is 261. The summed E-state index contributed by atoms with van der Waals surface area (Å²) in [6, 6.07) is 0. The molecule has 0 radical (unpaired) electrons. The molecule has 0 unspecified atom stereocenters. The van der Waals surface area contributed by atoms with Crippen molar-refractivity contribution in [1.29, 1.82) is 0 Å². The van der Waals surface area contributed by atoms with Crippen LogP contribution in [-0.2, 0) is 0 Å². The van der Waals surface area contributed by atoms with Gasteiger partial charge in [-0.25, -0.2) is 0 Å². The first-order valence-electron chi connectivity index (χ1n) is 5.59. The maximum absolute atomic E-state index is 6.24. The summed E-state index contributed by atoms with van der Waals surface area (Å²) >= 11 is 6.24. The Labute approximate surface area is 91.5 Å². The zero-order valence-electron chi connectivity index (χ0n) is 8.80. The zero-order valence-corrected chi connectivity index (χ0v) is 9.56. The molecule has 0 amide bonds. The second kappa shape index (κ2) is 4.39. The predicted octanol–water partition coefficient (Wildman–Crippen LogP) is 3.87. The smallest absolute Gasteiger partial charge is 0.0529 e. The minimum atomic E-state index is 0.714. The van der Waals surface area contributed by atoms with Crippen LogP contribution in [0.2, 0.25) is 0 Å². The van der Waals surface area contributed by atoms with Crippen LogP contribution in [0.3, 0.4) is 0 Å². The first-order chi connectivity index (χ1) is 6.79. The molecule has 0 saturated heterocycles. The van der Waals surface area contributed by atoms with Crippen molar-refractivity contribution in [2.24, 2.45) is 5.92 Å². The largest absolute Gasteiger partial charge is 0.285 e. The summed E-state index contributed by atoms with van der Waals surface area (Å²) in [5.41, 5.74) is 2.74. The van der Waals surface area contributed by atoms with Gasteiger partial charge >= 0.3 is 0 Å². The lowest BCUT2D eigenvalue weighted by atomic mass is 9.84. The molecule has 0 spiro atoms. The molecule has 1 aliphatic carbocycles. The van der Waals surface area contributed by atoms with Crippen molar-refractivity contribution in [2.45, 2.75) is 39.0 Å². The third-order valence-electron chi connectivity index (χ3n) is 3.29. The molecule has 78 valence electrons.